The molecule has 1 aliphatic heterocycles. The SMILES string of the molecule is CCN(Cc1ccccc1)C(=O)N1CCN(c2ccc(F)cc2)CC1. The minimum atomic E-state index is -0.225. The van der Waals surface area contributed by atoms with Gasteiger partial charge in [0, 0.05) is 45.0 Å². The third-order valence-corrected chi connectivity index (χ3v) is 4.61. The molecule has 1 aliphatic rings. The molecule has 3 rings (SSSR count). The number of hydrogen-bond acceptors (Lipinski definition) is 2. The molecule has 1 fully saturated rings. The van der Waals surface area contributed by atoms with Gasteiger partial charge in [-0.2, -0.15) is 0 Å². The summed E-state index contributed by atoms with van der Waals surface area (Å²) in [6.07, 6.45) is 0. The summed E-state index contributed by atoms with van der Waals surface area (Å²) in [7, 11) is 0. The molecule has 0 N–H and O–H groups in total. The van der Waals surface area contributed by atoms with Crippen molar-refractivity contribution in [2.75, 3.05) is 37.6 Å². The van der Waals surface area contributed by atoms with E-state index in [9.17, 15) is 9.18 Å². The van der Waals surface area contributed by atoms with Crippen molar-refractivity contribution in [2.24, 2.45) is 0 Å². The predicted octanol–water partition coefficient (Wildman–Crippen LogP) is 3.59. The van der Waals surface area contributed by atoms with Crippen LogP contribution in [0.4, 0.5) is 14.9 Å². The lowest BCUT2D eigenvalue weighted by Crippen LogP contribution is -2.52. The van der Waals surface area contributed by atoms with Crippen molar-refractivity contribution < 1.29 is 9.18 Å². The third kappa shape index (κ3) is 4.29. The zero-order valence-corrected chi connectivity index (χ0v) is 14.6. The highest BCUT2D eigenvalue weighted by Crippen LogP contribution is 2.18. The van der Waals surface area contributed by atoms with E-state index in [1.165, 1.54) is 12.1 Å². The first-order valence-electron chi connectivity index (χ1n) is 8.75. The van der Waals surface area contributed by atoms with Crippen molar-refractivity contribution in [3.63, 3.8) is 0 Å². The molecule has 2 aromatic rings. The molecule has 25 heavy (non-hydrogen) atoms. The summed E-state index contributed by atoms with van der Waals surface area (Å²) >= 11 is 0. The van der Waals surface area contributed by atoms with Gasteiger partial charge in [-0.15, -0.1) is 0 Å². The Morgan fingerprint density at radius 1 is 1.00 bits per heavy atom. The minimum absolute atomic E-state index is 0.0881. The standard InChI is InChI=1S/C20H24FN3O/c1-2-22(16-17-6-4-3-5-7-17)20(25)24-14-12-23(13-15-24)19-10-8-18(21)9-11-19/h3-11H,2,12-16H2,1H3. The molecule has 2 aromatic carbocycles. The minimum Gasteiger partial charge on any atom is -0.368 e. The number of rotatable bonds is 4. The van der Waals surface area contributed by atoms with Crippen LogP contribution in [0.5, 0.6) is 0 Å². The Kier molecular flexibility index (Phi) is 5.53. The van der Waals surface area contributed by atoms with E-state index in [1.807, 2.05) is 47.1 Å². The molecule has 4 nitrogen and oxygen atoms in total. The Morgan fingerprint density at radius 3 is 2.24 bits per heavy atom. The number of hydrogen-bond donors (Lipinski definition) is 0. The van der Waals surface area contributed by atoms with Gasteiger partial charge in [0.25, 0.3) is 0 Å². The largest absolute Gasteiger partial charge is 0.368 e. The van der Waals surface area contributed by atoms with Crippen LogP contribution in [0.3, 0.4) is 0 Å². The molecule has 0 atom stereocenters. The fraction of sp³-hybridized carbons (Fsp3) is 0.350. The maximum absolute atomic E-state index is 13.1. The van der Waals surface area contributed by atoms with Crippen LogP contribution in [0.15, 0.2) is 54.6 Å². The first-order chi connectivity index (χ1) is 12.2. The van der Waals surface area contributed by atoms with Crippen molar-refractivity contribution in [2.45, 2.75) is 13.5 Å². The van der Waals surface area contributed by atoms with Gasteiger partial charge < -0.3 is 14.7 Å². The number of nitrogens with zero attached hydrogens (tertiary/aromatic N) is 3. The van der Waals surface area contributed by atoms with Gasteiger partial charge in [-0.05, 0) is 36.8 Å². The molecule has 0 unspecified atom stereocenters. The Morgan fingerprint density at radius 2 is 1.64 bits per heavy atom. The van der Waals surface area contributed by atoms with Crippen LogP contribution in [0.25, 0.3) is 0 Å². The molecule has 1 heterocycles. The van der Waals surface area contributed by atoms with Gasteiger partial charge in [-0.1, -0.05) is 30.3 Å². The zero-order valence-electron chi connectivity index (χ0n) is 14.6. The summed E-state index contributed by atoms with van der Waals surface area (Å²) in [5, 5.41) is 0. The fourth-order valence-corrected chi connectivity index (χ4v) is 3.13. The zero-order chi connectivity index (χ0) is 17.6. The van der Waals surface area contributed by atoms with Gasteiger partial charge in [0.15, 0.2) is 0 Å². The Hall–Kier alpha value is -2.56. The van der Waals surface area contributed by atoms with Gasteiger partial charge in [-0.25, -0.2) is 9.18 Å². The molecule has 132 valence electrons. The number of anilines is 1. The molecule has 0 spiro atoms. The van der Waals surface area contributed by atoms with Crippen LogP contribution in [-0.4, -0.2) is 48.6 Å². The molecule has 5 heteroatoms. The summed E-state index contributed by atoms with van der Waals surface area (Å²) in [5.74, 6) is -0.225. The lowest BCUT2D eigenvalue weighted by Gasteiger charge is -2.38. The normalized spacial score (nSPS) is 14.5. The monoisotopic (exact) mass is 341 g/mol. The van der Waals surface area contributed by atoms with Gasteiger partial charge in [0.2, 0.25) is 0 Å². The van der Waals surface area contributed by atoms with E-state index in [1.54, 1.807) is 12.1 Å². The average Bonchev–Trinajstić information content (AvgIpc) is 2.67. The van der Waals surface area contributed by atoms with Crippen molar-refractivity contribution in [3.05, 3.63) is 66.0 Å². The van der Waals surface area contributed by atoms with Crippen LogP contribution in [0.2, 0.25) is 0 Å². The summed E-state index contributed by atoms with van der Waals surface area (Å²) < 4.78 is 13.1. The van der Waals surface area contributed by atoms with E-state index in [2.05, 4.69) is 4.90 Å². The van der Waals surface area contributed by atoms with Crippen molar-refractivity contribution in [1.29, 1.82) is 0 Å². The molecule has 0 aliphatic carbocycles. The second kappa shape index (κ2) is 8.01. The summed E-state index contributed by atoms with van der Waals surface area (Å²) in [5.41, 5.74) is 2.15. The van der Waals surface area contributed by atoms with E-state index < -0.39 is 0 Å². The number of urea groups is 1. The molecule has 0 saturated carbocycles. The number of carbonyl (C=O) groups excluding carboxylic acids is 1. The number of benzene rings is 2. The highest BCUT2D eigenvalue weighted by atomic mass is 19.1. The quantitative estimate of drug-likeness (QED) is 0.850. The number of halogens is 1. The van der Waals surface area contributed by atoms with Crippen LogP contribution >= 0.6 is 0 Å². The van der Waals surface area contributed by atoms with Crippen molar-refractivity contribution in [1.82, 2.24) is 9.80 Å². The number of piperazine rings is 1. The molecule has 2 amide bonds. The van der Waals surface area contributed by atoms with E-state index in [0.29, 0.717) is 26.2 Å². The molecule has 0 bridgehead atoms. The highest BCUT2D eigenvalue weighted by Gasteiger charge is 2.24. The lowest BCUT2D eigenvalue weighted by atomic mass is 10.2. The number of carbonyl (C=O) groups is 1. The second-order valence-electron chi connectivity index (χ2n) is 6.23. The molecule has 0 radical (unpaired) electrons. The third-order valence-electron chi connectivity index (χ3n) is 4.61. The fourth-order valence-electron chi connectivity index (χ4n) is 3.13. The Balaban J connectivity index is 1.57. The summed E-state index contributed by atoms with van der Waals surface area (Å²) in [4.78, 5) is 18.8. The van der Waals surface area contributed by atoms with Crippen LogP contribution in [-0.2, 0) is 6.54 Å². The van der Waals surface area contributed by atoms with E-state index in [0.717, 1.165) is 24.3 Å². The smallest absolute Gasteiger partial charge is 0.320 e. The Labute approximate surface area is 148 Å². The van der Waals surface area contributed by atoms with Crippen LogP contribution in [0.1, 0.15) is 12.5 Å². The summed E-state index contributed by atoms with van der Waals surface area (Å²) in [6.45, 7) is 6.22. The van der Waals surface area contributed by atoms with Crippen molar-refractivity contribution >= 4 is 11.7 Å². The first-order valence-corrected chi connectivity index (χ1v) is 8.75. The average molecular weight is 341 g/mol. The van der Waals surface area contributed by atoms with Gasteiger partial charge >= 0.3 is 6.03 Å². The van der Waals surface area contributed by atoms with Gasteiger partial charge in [-0.3, -0.25) is 0 Å². The Bertz CT molecular complexity index is 682. The van der Waals surface area contributed by atoms with E-state index in [4.69, 9.17) is 0 Å². The maximum Gasteiger partial charge on any atom is 0.320 e. The molecular weight excluding hydrogens is 317 g/mol. The topological polar surface area (TPSA) is 26.8 Å². The number of amides is 2. The maximum atomic E-state index is 13.1. The van der Waals surface area contributed by atoms with E-state index in [-0.39, 0.29) is 11.8 Å². The van der Waals surface area contributed by atoms with Gasteiger partial charge in [0.05, 0.1) is 0 Å². The van der Waals surface area contributed by atoms with Crippen molar-refractivity contribution in [3.8, 4) is 0 Å². The summed E-state index contributed by atoms with van der Waals surface area (Å²) in [6, 6.07) is 16.7. The molecular formula is C20H24FN3O. The first kappa shape index (κ1) is 17.3. The van der Waals surface area contributed by atoms with Crippen LogP contribution in [0, 0.1) is 5.82 Å². The lowest BCUT2D eigenvalue weighted by molar-refractivity contribution is 0.149. The van der Waals surface area contributed by atoms with E-state index >= 15 is 0 Å². The van der Waals surface area contributed by atoms with Crippen LogP contribution < -0.4 is 4.90 Å². The molecule has 0 aromatic heterocycles. The second-order valence-corrected chi connectivity index (χ2v) is 6.23. The predicted molar refractivity (Wildman–Crippen MR) is 98.1 cm³/mol. The van der Waals surface area contributed by atoms with Gasteiger partial charge in [0.1, 0.15) is 5.82 Å². The highest BCUT2D eigenvalue weighted by molar-refractivity contribution is 5.75. The molecule has 1 saturated heterocycles.